The van der Waals surface area contributed by atoms with Gasteiger partial charge in [0.05, 0.1) is 5.75 Å². The Morgan fingerprint density at radius 2 is 1.78 bits per heavy atom. The van der Waals surface area contributed by atoms with Gasteiger partial charge in [0, 0.05) is 13.1 Å². The molecule has 2 aliphatic rings. The molecule has 1 N–H and O–H groups in total. The van der Waals surface area contributed by atoms with Gasteiger partial charge in [0.1, 0.15) is 0 Å². The molecule has 0 aromatic carbocycles. The summed E-state index contributed by atoms with van der Waals surface area (Å²) >= 11 is 0. The van der Waals surface area contributed by atoms with Gasteiger partial charge in [-0.3, -0.25) is 0 Å². The molecule has 4 nitrogen and oxygen atoms in total. The Labute approximate surface area is 111 Å². The normalized spacial score (nSPS) is 32.6. The third kappa shape index (κ3) is 3.45. The van der Waals surface area contributed by atoms with Crippen molar-refractivity contribution in [3.05, 3.63) is 0 Å². The first-order chi connectivity index (χ1) is 8.49. The molecule has 0 radical (unpaired) electrons. The minimum atomic E-state index is -3.03. The quantitative estimate of drug-likeness (QED) is 0.844. The maximum Gasteiger partial charge on any atom is 0.214 e. The lowest BCUT2D eigenvalue weighted by Crippen LogP contribution is -2.45. The molecule has 0 saturated carbocycles. The average molecular weight is 274 g/mol. The van der Waals surface area contributed by atoms with Crippen molar-refractivity contribution in [3.63, 3.8) is 0 Å². The predicted molar refractivity (Wildman–Crippen MR) is 73.9 cm³/mol. The Balaban J connectivity index is 1.93. The van der Waals surface area contributed by atoms with Gasteiger partial charge in [-0.15, -0.1) is 0 Å². The van der Waals surface area contributed by atoms with E-state index in [1.807, 2.05) is 0 Å². The Hall–Kier alpha value is -0.130. The summed E-state index contributed by atoms with van der Waals surface area (Å²) in [7, 11) is -3.03. The highest BCUT2D eigenvalue weighted by Crippen LogP contribution is 2.26. The predicted octanol–water partition coefficient (Wildman–Crippen LogP) is 1.29. The van der Waals surface area contributed by atoms with Gasteiger partial charge < -0.3 is 5.32 Å². The largest absolute Gasteiger partial charge is 0.317 e. The first kappa shape index (κ1) is 14.3. The SMILES string of the molecule is CC1CCN(S(=O)(=O)CC2CCNCC2)CC1C. The van der Waals surface area contributed by atoms with Crippen molar-refractivity contribution >= 4 is 10.0 Å². The number of nitrogens with zero attached hydrogens (tertiary/aromatic N) is 1. The molecule has 0 aliphatic carbocycles. The Morgan fingerprint density at radius 3 is 2.39 bits per heavy atom. The molecule has 2 aliphatic heterocycles. The number of piperidine rings is 2. The fraction of sp³-hybridized carbons (Fsp3) is 1.00. The van der Waals surface area contributed by atoms with Crippen LogP contribution in [0.5, 0.6) is 0 Å². The van der Waals surface area contributed by atoms with Gasteiger partial charge >= 0.3 is 0 Å². The van der Waals surface area contributed by atoms with E-state index in [2.05, 4.69) is 19.2 Å². The van der Waals surface area contributed by atoms with Gasteiger partial charge in [0.15, 0.2) is 0 Å². The zero-order valence-electron chi connectivity index (χ0n) is 11.6. The molecule has 106 valence electrons. The zero-order chi connectivity index (χ0) is 13.2. The van der Waals surface area contributed by atoms with Crippen LogP contribution in [0.15, 0.2) is 0 Å². The lowest BCUT2D eigenvalue weighted by molar-refractivity contribution is 0.211. The Bertz CT molecular complexity index is 363. The minimum Gasteiger partial charge on any atom is -0.317 e. The number of sulfonamides is 1. The van der Waals surface area contributed by atoms with Crippen molar-refractivity contribution in [1.29, 1.82) is 0 Å². The molecule has 2 fully saturated rings. The van der Waals surface area contributed by atoms with Gasteiger partial charge in [-0.1, -0.05) is 13.8 Å². The molecule has 0 spiro atoms. The van der Waals surface area contributed by atoms with Crippen molar-refractivity contribution in [3.8, 4) is 0 Å². The van der Waals surface area contributed by atoms with Crippen LogP contribution in [-0.4, -0.2) is 44.7 Å². The Morgan fingerprint density at radius 1 is 1.11 bits per heavy atom. The number of rotatable bonds is 3. The first-order valence-electron chi connectivity index (χ1n) is 7.17. The summed E-state index contributed by atoms with van der Waals surface area (Å²) in [5.74, 6) is 1.85. The lowest BCUT2D eigenvalue weighted by atomic mass is 9.90. The fourth-order valence-electron chi connectivity index (χ4n) is 2.93. The first-order valence-corrected chi connectivity index (χ1v) is 8.78. The summed E-state index contributed by atoms with van der Waals surface area (Å²) in [6, 6.07) is 0. The van der Waals surface area contributed by atoms with E-state index in [1.54, 1.807) is 4.31 Å². The van der Waals surface area contributed by atoms with Crippen molar-refractivity contribution in [2.75, 3.05) is 31.9 Å². The maximum atomic E-state index is 12.4. The van der Waals surface area contributed by atoms with Crippen LogP contribution in [0.4, 0.5) is 0 Å². The standard InChI is InChI=1S/C13H26N2O2S/c1-11-5-8-15(9-12(11)2)18(16,17)10-13-3-6-14-7-4-13/h11-14H,3-10H2,1-2H3. The molecule has 5 heteroatoms. The maximum absolute atomic E-state index is 12.4. The molecule has 2 rings (SSSR count). The van der Waals surface area contributed by atoms with Crippen LogP contribution < -0.4 is 5.32 Å². The van der Waals surface area contributed by atoms with Crippen molar-refractivity contribution in [2.24, 2.45) is 17.8 Å². The van der Waals surface area contributed by atoms with Crippen LogP contribution in [0, 0.1) is 17.8 Å². The van der Waals surface area contributed by atoms with E-state index in [-0.39, 0.29) is 0 Å². The second-order valence-corrected chi connectivity index (χ2v) is 8.09. The summed E-state index contributed by atoms with van der Waals surface area (Å²) in [6.45, 7) is 7.76. The average Bonchev–Trinajstić information content (AvgIpc) is 2.33. The molecular formula is C13H26N2O2S. The van der Waals surface area contributed by atoms with E-state index in [4.69, 9.17) is 0 Å². The minimum absolute atomic E-state index is 0.353. The van der Waals surface area contributed by atoms with Gasteiger partial charge in [0.25, 0.3) is 0 Å². The van der Waals surface area contributed by atoms with Gasteiger partial charge in [-0.05, 0) is 50.1 Å². The van der Waals surface area contributed by atoms with Crippen LogP contribution in [0.3, 0.4) is 0 Å². The second kappa shape index (κ2) is 5.88. The third-order valence-electron chi connectivity index (χ3n) is 4.60. The molecule has 0 bridgehead atoms. The molecule has 0 amide bonds. The molecule has 2 heterocycles. The summed E-state index contributed by atoms with van der Waals surface area (Å²) in [4.78, 5) is 0. The van der Waals surface area contributed by atoms with E-state index in [1.165, 1.54) is 0 Å². The van der Waals surface area contributed by atoms with Gasteiger partial charge in [-0.2, -0.15) is 0 Å². The molecule has 2 saturated heterocycles. The van der Waals surface area contributed by atoms with Crippen molar-refractivity contribution in [2.45, 2.75) is 33.1 Å². The second-order valence-electron chi connectivity index (χ2n) is 6.07. The van der Waals surface area contributed by atoms with Crippen LogP contribution in [0.1, 0.15) is 33.1 Å². The summed E-state index contributed by atoms with van der Waals surface area (Å²) in [5.41, 5.74) is 0. The van der Waals surface area contributed by atoms with E-state index in [9.17, 15) is 8.42 Å². The van der Waals surface area contributed by atoms with Crippen LogP contribution >= 0.6 is 0 Å². The highest BCUT2D eigenvalue weighted by atomic mass is 32.2. The van der Waals surface area contributed by atoms with Crippen LogP contribution in [0.25, 0.3) is 0 Å². The molecule has 0 aromatic heterocycles. The topological polar surface area (TPSA) is 49.4 Å². The summed E-state index contributed by atoms with van der Waals surface area (Å²) < 4.78 is 26.6. The van der Waals surface area contributed by atoms with Gasteiger partial charge in [-0.25, -0.2) is 12.7 Å². The zero-order valence-corrected chi connectivity index (χ0v) is 12.4. The smallest absolute Gasteiger partial charge is 0.214 e. The summed E-state index contributed by atoms with van der Waals surface area (Å²) in [5, 5.41) is 3.28. The van der Waals surface area contributed by atoms with Crippen LogP contribution in [-0.2, 0) is 10.0 Å². The molecular weight excluding hydrogens is 248 g/mol. The van der Waals surface area contributed by atoms with E-state index < -0.39 is 10.0 Å². The molecule has 18 heavy (non-hydrogen) atoms. The van der Waals surface area contributed by atoms with Crippen molar-refractivity contribution < 1.29 is 8.42 Å². The number of hydrogen-bond acceptors (Lipinski definition) is 3. The molecule has 0 aromatic rings. The summed E-state index contributed by atoms with van der Waals surface area (Å²) in [6.07, 6.45) is 3.00. The van der Waals surface area contributed by atoms with Gasteiger partial charge in [0.2, 0.25) is 10.0 Å². The fourth-order valence-corrected chi connectivity index (χ4v) is 4.91. The third-order valence-corrected chi connectivity index (χ3v) is 6.61. The van der Waals surface area contributed by atoms with Crippen molar-refractivity contribution in [1.82, 2.24) is 9.62 Å². The van der Waals surface area contributed by atoms with E-state index in [0.717, 1.165) is 38.9 Å². The molecule has 2 unspecified atom stereocenters. The highest BCUT2D eigenvalue weighted by molar-refractivity contribution is 7.89. The van der Waals surface area contributed by atoms with E-state index in [0.29, 0.717) is 30.1 Å². The monoisotopic (exact) mass is 274 g/mol. The molecule has 2 atom stereocenters. The Kier molecular flexibility index (Phi) is 4.67. The number of nitrogens with one attached hydrogen (secondary N) is 1. The lowest BCUT2D eigenvalue weighted by Gasteiger charge is -2.35. The van der Waals surface area contributed by atoms with E-state index >= 15 is 0 Å². The highest BCUT2D eigenvalue weighted by Gasteiger charge is 2.32. The number of hydrogen-bond donors (Lipinski definition) is 1. The van der Waals surface area contributed by atoms with Crippen LogP contribution in [0.2, 0.25) is 0 Å².